The Morgan fingerprint density at radius 1 is 1.50 bits per heavy atom. The normalized spacial score (nSPS) is 24.8. The molecule has 1 atom stereocenters. The predicted octanol–water partition coefficient (Wildman–Crippen LogP) is 0.973. The lowest BCUT2D eigenvalue weighted by Crippen LogP contribution is -2.41. The molecule has 98 valence electrons. The van der Waals surface area contributed by atoms with Gasteiger partial charge in [-0.2, -0.15) is 9.61 Å². The molecule has 6 nitrogen and oxygen atoms in total. The molecule has 3 rings (SSSR count). The summed E-state index contributed by atoms with van der Waals surface area (Å²) in [5, 5.41) is 17.5. The van der Waals surface area contributed by atoms with Crippen molar-refractivity contribution in [2.75, 3.05) is 20.2 Å². The molecule has 2 aromatic rings. The summed E-state index contributed by atoms with van der Waals surface area (Å²) < 4.78 is 6.91. The van der Waals surface area contributed by atoms with E-state index in [1.165, 1.54) is 12.8 Å². The molecular formula is C11H17N5OS. The fourth-order valence-electron chi connectivity index (χ4n) is 2.36. The number of nitrogens with one attached hydrogen (secondary N) is 1. The van der Waals surface area contributed by atoms with Crippen LogP contribution in [-0.4, -0.2) is 40.0 Å². The van der Waals surface area contributed by atoms with Crippen LogP contribution in [-0.2, 0) is 16.8 Å². The van der Waals surface area contributed by atoms with Crippen LogP contribution in [0.5, 0.6) is 0 Å². The highest BCUT2D eigenvalue weighted by Gasteiger charge is 2.33. The Morgan fingerprint density at radius 2 is 2.39 bits per heavy atom. The van der Waals surface area contributed by atoms with Crippen LogP contribution in [0.4, 0.5) is 0 Å². The number of methoxy groups -OCH3 is 1. The molecule has 1 saturated heterocycles. The summed E-state index contributed by atoms with van der Waals surface area (Å²) in [6.07, 6.45) is 2.37. The first-order chi connectivity index (χ1) is 8.73. The maximum absolute atomic E-state index is 5.10. The van der Waals surface area contributed by atoms with E-state index in [9.17, 15) is 0 Å². The van der Waals surface area contributed by atoms with E-state index in [2.05, 4.69) is 27.5 Å². The zero-order chi connectivity index (χ0) is 12.6. The van der Waals surface area contributed by atoms with Gasteiger partial charge in [0.25, 0.3) is 0 Å². The SMILES string of the molecule is COCc1nnc2sc(C3(C)CCCNC3)nn12. The summed E-state index contributed by atoms with van der Waals surface area (Å²) in [6, 6.07) is 0. The minimum atomic E-state index is 0.119. The highest BCUT2D eigenvalue weighted by molar-refractivity contribution is 7.16. The molecule has 0 aliphatic carbocycles. The predicted molar refractivity (Wildman–Crippen MR) is 68.8 cm³/mol. The number of ether oxygens (including phenoxy) is 1. The quantitative estimate of drug-likeness (QED) is 0.898. The Morgan fingerprint density at radius 3 is 3.11 bits per heavy atom. The van der Waals surface area contributed by atoms with Crippen molar-refractivity contribution in [2.24, 2.45) is 0 Å². The van der Waals surface area contributed by atoms with E-state index in [0.29, 0.717) is 6.61 Å². The first kappa shape index (κ1) is 12.0. The van der Waals surface area contributed by atoms with Gasteiger partial charge in [-0.3, -0.25) is 0 Å². The van der Waals surface area contributed by atoms with Crippen molar-refractivity contribution in [1.82, 2.24) is 25.1 Å². The Labute approximate surface area is 109 Å². The molecule has 18 heavy (non-hydrogen) atoms. The molecule has 1 aliphatic heterocycles. The van der Waals surface area contributed by atoms with Crippen LogP contribution in [0.2, 0.25) is 0 Å². The molecule has 0 saturated carbocycles. The summed E-state index contributed by atoms with van der Waals surface area (Å²) in [5.74, 6) is 0.766. The van der Waals surface area contributed by atoms with Crippen LogP contribution in [0.1, 0.15) is 30.6 Å². The van der Waals surface area contributed by atoms with Crippen molar-refractivity contribution in [3.63, 3.8) is 0 Å². The Hall–Kier alpha value is -1.05. The first-order valence-electron chi connectivity index (χ1n) is 6.14. The van der Waals surface area contributed by atoms with Crippen LogP contribution >= 0.6 is 11.3 Å². The monoisotopic (exact) mass is 267 g/mol. The van der Waals surface area contributed by atoms with E-state index in [0.717, 1.165) is 28.9 Å². The second-order valence-corrected chi connectivity index (χ2v) is 5.95. The van der Waals surface area contributed by atoms with E-state index in [1.54, 1.807) is 18.4 Å². The molecule has 0 radical (unpaired) electrons. The molecule has 1 fully saturated rings. The third kappa shape index (κ3) is 1.92. The number of hydrogen-bond acceptors (Lipinski definition) is 6. The van der Waals surface area contributed by atoms with Crippen molar-refractivity contribution in [2.45, 2.75) is 31.8 Å². The van der Waals surface area contributed by atoms with Crippen LogP contribution in [0.25, 0.3) is 4.96 Å². The molecule has 1 aliphatic rings. The molecule has 0 aromatic carbocycles. The summed E-state index contributed by atoms with van der Waals surface area (Å²) in [6.45, 7) is 4.80. The lowest BCUT2D eigenvalue weighted by molar-refractivity contribution is 0.175. The van der Waals surface area contributed by atoms with Gasteiger partial charge < -0.3 is 10.1 Å². The van der Waals surface area contributed by atoms with Gasteiger partial charge in [0.1, 0.15) is 11.6 Å². The third-order valence-corrected chi connectivity index (χ3v) is 4.65. The van der Waals surface area contributed by atoms with Gasteiger partial charge in [0.2, 0.25) is 4.96 Å². The average molecular weight is 267 g/mol. The van der Waals surface area contributed by atoms with Crippen molar-refractivity contribution in [3.05, 3.63) is 10.8 Å². The van der Waals surface area contributed by atoms with E-state index < -0.39 is 0 Å². The number of fused-ring (bicyclic) bond motifs is 1. The first-order valence-corrected chi connectivity index (χ1v) is 6.96. The molecule has 0 spiro atoms. The smallest absolute Gasteiger partial charge is 0.234 e. The largest absolute Gasteiger partial charge is 0.377 e. The van der Waals surface area contributed by atoms with Crippen LogP contribution in [0.3, 0.4) is 0 Å². The minimum Gasteiger partial charge on any atom is -0.377 e. The Balaban J connectivity index is 1.97. The third-order valence-electron chi connectivity index (χ3n) is 3.44. The van der Waals surface area contributed by atoms with E-state index in [-0.39, 0.29) is 5.41 Å². The van der Waals surface area contributed by atoms with Crippen LogP contribution in [0, 0.1) is 0 Å². The van der Waals surface area contributed by atoms with Gasteiger partial charge in [-0.25, -0.2) is 0 Å². The highest BCUT2D eigenvalue weighted by Crippen LogP contribution is 2.33. The van der Waals surface area contributed by atoms with Gasteiger partial charge in [-0.15, -0.1) is 10.2 Å². The van der Waals surface area contributed by atoms with E-state index in [4.69, 9.17) is 4.74 Å². The lowest BCUT2D eigenvalue weighted by atomic mass is 9.83. The molecule has 7 heteroatoms. The number of piperidine rings is 1. The standard InChI is InChI=1S/C11H17N5OS/c1-11(4-3-5-12-7-11)9-15-16-8(6-17-2)13-14-10(16)18-9/h12H,3-7H2,1-2H3. The van der Waals surface area contributed by atoms with Crippen molar-refractivity contribution in [3.8, 4) is 0 Å². The second kappa shape index (κ2) is 4.56. The Bertz CT molecular complexity index is 543. The second-order valence-electron chi connectivity index (χ2n) is 4.99. The maximum Gasteiger partial charge on any atom is 0.234 e. The number of nitrogens with zero attached hydrogens (tertiary/aromatic N) is 4. The number of rotatable bonds is 3. The topological polar surface area (TPSA) is 64.3 Å². The summed E-state index contributed by atoms with van der Waals surface area (Å²) >= 11 is 1.63. The summed E-state index contributed by atoms with van der Waals surface area (Å²) in [4.78, 5) is 0.851. The average Bonchev–Trinajstić information content (AvgIpc) is 2.93. The van der Waals surface area contributed by atoms with Crippen molar-refractivity contribution in [1.29, 1.82) is 0 Å². The highest BCUT2D eigenvalue weighted by atomic mass is 32.1. The molecular weight excluding hydrogens is 250 g/mol. The molecule has 1 N–H and O–H groups in total. The van der Waals surface area contributed by atoms with E-state index >= 15 is 0 Å². The summed E-state index contributed by atoms with van der Waals surface area (Å²) in [5.41, 5.74) is 0.119. The zero-order valence-electron chi connectivity index (χ0n) is 10.6. The molecule has 3 heterocycles. The van der Waals surface area contributed by atoms with Gasteiger partial charge in [-0.05, 0) is 19.4 Å². The molecule has 2 aromatic heterocycles. The van der Waals surface area contributed by atoms with E-state index in [1.807, 2.05) is 4.52 Å². The van der Waals surface area contributed by atoms with Crippen LogP contribution < -0.4 is 5.32 Å². The molecule has 1 unspecified atom stereocenters. The number of hydrogen-bond donors (Lipinski definition) is 1. The Kier molecular flexibility index (Phi) is 3.04. The van der Waals surface area contributed by atoms with Crippen LogP contribution in [0.15, 0.2) is 0 Å². The fraction of sp³-hybridized carbons (Fsp3) is 0.727. The van der Waals surface area contributed by atoms with Gasteiger partial charge >= 0.3 is 0 Å². The maximum atomic E-state index is 5.10. The lowest BCUT2D eigenvalue weighted by Gasteiger charge is -2.31. The summed E-state index contributed by atoms with van der Waals surface area (Å²) in [7, 11) is 1.65. The van der Waals surface area contributed by atoms with Gasteiger partial charge in [0.05, 0.1) is 0 Å². The molecule has 0 amide bonds. The van der Waals surface area contributed by atoms with Gasteiger partial charge in [-0.1, -0.05) is 18.3 Å². The fourth-order valence-corrected chi connectivity index (χ4v) is 3.39. The zero-order valence-corrected chi connectivity index (χ0v) is 11.5. The van der Waals surface area contributed by atoms with Crippen molar-refractivity contribution < 1.29 is 4.74 Å². The number of aromatic nitrogens is 4. The minimum absolute atomic E-state index is 0.119. The molecule has 0 bridgehead atoms. The van der Waals surface area contributed by atoms with Gasteiger partial charge in [0.15, 0.2) is 5.82 Å². The van der Waals surface area contributed by atoms with Crippen molar-refractivity contribution >= 4 is 16.3 Å². The van der Waals surface area contributed by atoms with Gasteiger partial charge in [0, 0.05) is 19.1 Å².